The highest BCUT2D eigenvalue weighted by molar-refractivity contribution is 8.02. The molecule has 2 unspecified atom stereocenters. The molecule has 0 saturated carbocycles. The van der Waals surface area contributed by atoms with Gasteiger partial charge in [0, 0.05) is 24.9 Å². The van der Waals surface area contributed by atoms with Crippen LogP contribution >= 0.6 is 0 Å². The molecule has 0 amide bonds. The highest BCUT2D eigenvalue weighted by Crippen LogP contribution is 2.31. The largest absolute Gasteiger partial charge is 0.482 e. The lowest BCUT2D eigenvalue weighted by molar-refractivity contribution is -0.147. The maximum absolute atomic E-state index is 12.8. The van der Waals surface area contributed by atoms with Gasteiger partial charge in [-0.1, -0.05) is 26.0 Å². The normalized spacial score (nSPS) is 19.3. The molecule has 1 aromatic carbocycles. The Labute approximate surface area is 204 Å². The zero-order valence-electron chi connectivity index (χ0n) is 19.6. The van der Waals surface area contributed by atoms with E-state index in [0.29, 0.717) is 30.0 Å². The lowest BCUT2D eigenvalue weighted by Crippen LogP contribution is -2.38. The molecule has 0 bridgehead atoms. The Bertz CT molecular complexity index is 1140. The number of fused-ring (bicyclic) bond motifs is 1. The monoisotopic (exact) mass is 503 g/mol. The summed E-state index contributed by atoms with van der Waals surface area (Å²) >= 11 is 0. The van der Waals surface area contributed by atoms with Gasteiger partial charge in [-0.25, -0.2) is 17.9 Å². The van der Waals surface area contributed by atoms with Gasteiger partial charge in [-0.3, -0.25) is 15.0 Å². The summed E-state index contributed by atoms with van der Waals surface area (Å²) in [5.74, 6) is -1.11. The molecule has 11 heteroatoms. The first-order valence-corrected chi connectivity index (χ1v) is 12.7. The van der Waals surface area contributed by atoms with Gasteiger partial charge in [-0.15, -0.1) is 0 Å². The topological polar surface area (TPSA) is 143 Å². The van der Waals surface area contributed by atoms with Gasteiger partial charge in [0.2, 0.25) is 10.0 Å². The summed E-state index contributed by atoms with van der Waals surface area (Å²) < 4.78 is 35.6. The molecule has 0 aromatic heterocycles. The third kappa shape index (κ3) is 7.33. The summed E-state index contributed by atoms with van der Waals surface area (Å²) in [5, 5.41) is 6.88. The fourth-order valence-electron chi connectivity index (χ4n) is 3.67. The van der Waals surface area contributed by atoms with Crippen LogP contribution in [-0.2, 0) is 24.3 Å². The molecule has 3 rings (SSSR count). The fraction of sp³-hybridized carbons (Fsp3) is 0.417. The van der Waals surface area contributed by atoms with Gasteiger partial charge in [0.15, 0.2) is 12.4 Å². The van der Waals surface area contributed by atoms with Crippen molar-refractivity contribution in [3.63, 3.8) is 0 Å². The van der Waals surface area contributed by atoms with Crippen molar-refractivity contribution in [2.24, 2.45) is 17.8 Å². The number of nitrogens with zero attached hydrogens (tertiary/aromatic N) is 1. The SMILES string of the molecule is CC(C)COC(=O)COc1ccc(C(=O)CN2C=C3C=CC(CNS(=O)(=O)C=N)C(=O)C3C2)cc1. The van der Waals surface area contributed by atoms with Crippen LogP contribution in [0, 0.1) is 23.2 Å². The molecule has 2 N–H and O–H groups in total. The van der Waals surface area contributed by atoms with E-state index < -0.39 is 27.8 Å². The molecular weight excluding hydrogens is 474 g/mol. The predicted molar refractivity (Wildman–Crippen MR) is 129 cm³/mol. The van der Waals surface area contributed by atoms with Crippen LogP contribution in [0.1, 0.15) is 24.2 Å². The van der Waals surface area contributed by atoms with Crippen LogP contribution in [0.15, 0.2) is 48.2 Å². The minimum Gasteiger partial charge on any atom is -0.482 e. The van der Waals surface area contributed by atoms with E-state index in [9.17, 15) is 22.8 Å². The van der Waals surface area contributed by atoms with E-state index in [4.69, 9.17) is 14.9 Å². The van der Waals surface area contributed by atoms with Crippen molar-refractivity contribution >= 4 is 33.1 Å². The highest BCUT2D eigenvalue weighted by Gasteiger charge is 2.36. The summed E-state index contributed by atoms with van der Waals surface area (Å²) in [4.78, 5) is 39.0. The summed E-state index contributed by atoms with van der Waals surface area (Å²) in [6, 6.07) is 6.45. The van der Waals surface area contributed by atoms with Crippen LogP contribution in [0.3, 0.4) is 0 Å². The van der Waals surface area contributed by atoms with Crippen molar-refractivity contribution in [2.45, 2.75) is 13.8 Å². The van der Waals surface area contributed by atoms with Crippen molar-refractivity contribution in [3.8, 4) is 5.75 Å². The van der Waals surface area contributed by atoms with Gasteiger partial charge < -0.3 is 14.4 Å². The Morgan fingerprint density at radius 1 is 1.26 bits per heavy atom. The van der Waals surface area contributed by atoms with Gasteiger partial charge in [-0.2, -0.15) is 0 Å². The average Bonchev–Trinajstić information content (AvgIpc) is 3.24. The van der Waals surface area contributed by atoms with E-state index in [1.54, 1.807) is 47.5 Å². The average molecular weight is 504 g/mol. The minimum absolute atomic E-state index is 0.0773. The molecule has 188 valence electrons. The van der Waals surface area contributed by atoms with Gasteiger partial charge in [0.1, 0.15) is 17.1 Å². The summed E-state index contributed by atoms with van der Waals surface area (Å²) in [7, 11) is -3.83. The molecule has 0 fully saturated rings. The molecule has 0 radical (unpaired) electrons. The first kappa shape index (κ1) is 26.3. The van der Waals surface area contributed by atoms with Crippen molar-refractivity contribution in [2.75, 3.05) is 32.8 Å². The summed E-state index contributed by atoms with van der Waals surface area (Å²) in [5.41, 5.74) is 1.55. The van der Waals surface area contributed by atoms with Crippen LogP contribution in [0.4, 0.5) is 0 Å². The van der Waals surface area contributed by atoms with Crippen molar-refractivity contribution in [3.05, 3.63) is 53.8 Å². The number of hydrogen-bond donors (Lipinski definition) is 2. The van der Waals surface area contributed by atoms with Crippen molar-refractivity contribution in [1.29, 1.82) is 5.41 Å². The Morgan fingerprint density at radius 2 is 1.97 bits per heavy atom. The minimum atomic E-state index is -3.83. The molecule has 1 heterocycles. The first-order chi connectivity index (χ1) is 16.6. The number of ketones is 2. The lowest BCUT2D eigenvalue weighted by Gasteiger charge is -2.23. The van der Waals surface area contributed by atoms with Crippen molar-refractivity contribution in [1.82, 2.24) is 9.62 Å². The molecule has 2 aliphatic rings. The van der Waals surface area contributed by atoms with E-state index in [1.165, 1.54) is 0 Å². The quantitative estimate of drug-likeness (QED) is 0.189. The number of ether oxygens (including phenoxy) is 2. The molecule has 2 atom stereocenters. The Hall–Kier alpha value is -3.31. The molecule has 35 heavy (non-hydrogen) atoms. The van der Waals surface area contributed by atoms with E-state index in [2.05, 4.69) is 4.72 Å². The molecule has 0 spiro atoms. The van der Waals surface area contributed by atoms with Crippen LogP contribution in [0.5, 0.6) is 5.75 Å². The van der Waals surface area contributed by atoms with Gasteiger partial charge in [-0.05, 0) is 35.8 Å². The van der Waals surface area contributed by atoms with E-state index in [0.717, 1.165) is 5.57 Å². The number of carbonyl (C=O) groups is 3. The molecule has 1 aliphatic carbocycles. The molecule has 10 nitrogen and oxygen atoms in total. The van der Waals surface area contributed by atoms with Gasteiger partial charge in [0.25, 0.3) is 0 Å². The third-order valence-corrected chi connectivity index (χ3v) is 6.38. The molecular formula is C24H29N3O7S. The van der Waals surface area contributed by atoms with Crippen LogP contribution in [-0.4, -0.2) is 69.2 Å². The van der Waals surface area contributed by atoms with E-state index >= 15 is 0 Å². The number of esters is 1. The fourth-order valence-corrected chi connectivity index (χ4v) is 4.17. The first-order valence-electron chi connectivity index (χ1n) is 11.2. The van der Waals surface area contributed by atoms with Gasteiger partial charge >= 0.3 is 5.97 Å². The van der Waals surface area contributed by atoms with E-state index in [1.807, 2.05) is 13.8 Å². The second-order valence-electron chi connectivity index (χ2n) is 8.80. The second-order valence-corrected chi connectivity index (χ2v) is 10.4. The number of allylic oxidation sites excluding steroid dienone is 1. The number of hydrogen-bond acceptors (Lipinski definition) is 9. The number of sulfonamides is 1. The molecule has 0 saturated heterocycles. The summed E-state index contributed by atoms with van der Waals surface area (Å²) in [6.07, 6.45) is 5.19. The number of Topliss-reactive ketones (excluding diaryl/α,β-unsaturated/α-hetero) is 2. The zero-order chi connectivity index (χ0) is 25.6. The number of rotatable bonds is 12. The Morgan fingerprint density at radius 3 is 2.63 bits per heavy atom. The van der Waals surface area contributed by atoms with Gasteiger partial charge in [0.05, 0.1) is 25.0 Å². The Balaban J connectivity index is 1.50. The number of carbonyl (C=O) groups excluding carboxylic acids is 3. The standard InChI is InChI=1S/C24H29N3O7S/c1-16(2)13-34-23(29)14-33-20-7-5-17(6-8-20)22(28)12-27-10-19-4-3-18(24(30)21(19)11-27)9-26-35(31,32)15-25/h3-8,10,15-16,18,21,25-26H,9,11-14H2,1-2H3. The second kappa shape index (κ2) is 11.4. The zero-order valence-corrected chi connectivity index (χ0v) is 20.4. The number of benzene rings is 1. The molecule has 1 aliphatic heterocycles. The third-order valence-electron chi connectivity index (χ3n) is 5.50. The Kier molecular flexibility index (Phi) is 8.57. The predicted octanol–water partition coefficient (Wildman–Crippen LogP) is 1.54. The number of nitrogens with one attached hydrogen (secondary N) is 2. The van der Waals surface area contributed by atoms with E-state index in [-0.39, 0.29) is 37.2 Å². The van der Waals surface area contributed by atoms with Crippen LogP contribution in [0.25, 0.3) is 0 Å². The lowest BCUT2D eigenvalue weighted by atomic mass is 9.83. The van der Waals surface area contributed by atoms with Crippen molar-refractivity contribution < 1.29 is 32.3 Å². The smallest absolute Gasteiger partial charge is 0.344 e. The summed E-state index contributed by atoms with van der Waals surface area (Å²) in [6.45, 7) is 4.29. The highest BCUT2D eigenvalue weighted by atomic mass is 32.2. The maximum atomic E-state index is 12.8. The van der Waals surface area contributed by atoms with Crippen LogP contribution < -0.4 is 9.46 Å². The maximum Gasteiger partial charge on any atom is 0.344 e. The van der Waals surface area contributed by atoms with Crippen LogP contribution in [0.2, 0.25) is 0 Å². The molecule has 1 aromatic rings.